The molecule has 19 amide bonds. The number of amides is 19. The monoisotopic (exact) mass is 2060 g/mol. The van der Waals surface area contributed by atoms with Crippen molar-refractivity contribution in [1.82, 2.24) is 106 Å². The van der Waals surface area contributed by atoms with Gasteiger partial charge in [0.25, 0.3) is 0 Å². The van der Waals surface area contributed by atoms with Crippen molar-refractivity contribution < 1.29 is 141 Å². The van der Waals surface area contributed by atoms with Crippen molar-refractivity contribution in [1.29, 1.82) is 5.41 Å². The first-order valence-corrected chi connectivity index (χ1v) is 48.2. The molecule has 35 N–H and O–H groups in total. The molecule has 0 bridgehead atoms. The van der Waals surface area contributed by atoms with Crippen LogP contribution < -0.4 is 129 Å². The van der Waals surface area contributed by atoms with Crippen LogP contribution in [0, 0.1) is 40.9 Å². The minimum Gasteiger partial charge on any atom is -0.481 e. The third-order valence-electron chi connectivity index (χ3n) is 22.6. The second kappa shape index (κ2) is 68.4. The Hall–Kier alpha value is -12.8. The molecule has 0 aromatic rings. The summed E-state index contributed by atoms with van der Waals surface area (Å²) in [6.07, 6.45) is -4.33. The zero-order valence-corrected chi connectivity index (χ0v) is 84.8. The van der Waals surface area contributed by atoms with Crippen LogP contribution in [0.25, 0.3) is 0 Å². The summed E-state index contributed by atoms with van der Waals surface area (Å²) in [5.41, 5.74) is 22.3. The molecule has 0 unspecified atom stereocenters. The summed E-state index contributed by atoms with van der Waals surface area (Å²) in [6.45, 7) is 20.1. The highest BCUT2D eigenvalue weighted by atomic mass is 32.1. The molecule has 0 saturated heterocycles. The molecule has 0 aliphatic heterocycles. The van der Waals surface area contributed by atoms with Gasteiger partial charge in [-0.05, 0) is 140 Å². The SMILES string of the molecule is CC[C@H](C)[C@H](NC(=O)CNC(=O)[C@H](CC(C)C)NC(=O)[C@H](C)NC(=O)[C@H](C)N)C(=O)NCC(=O)N[C@H](C(=O)N[C@@H](CC(=O)O)C(=O)N[C@@H](CO)C(=O)N[C@H](C(=O)N[C@H](C(=O)N[C@@H](CC(C)C)C(=O)N[C@H](C(=O)N[C@@H](CCCCN)C(=O)N[C@@H](CS)C(=O)N[C@@H](CC(=O)O)C(=O)N[C@@H](CCC(=O)O)C(=O)N[C@@H](CCCNC(=N)N)C(=O)NCC(=O)N[C@@H](CCCCN)C(=O)O)[C@@H](C)CC)[C@@H](C)CC)C(C)C)[C@@H](C)O. The number of thiol groups is 1. The molecule has 0 heterocycles. The Labute approximate surface area is 835 Å². The standard InChI is InChI=1S/C88H155N25O29S/c1-16-44(10)67(109-61(117)37-96-74(128)54(32-41(4)5)103-72(126)48(14)98-71(125)47(13)91)82(136)97-38-62(118)110-70(49(15)115)86(140)106-57(35-65(123)124)78(132)107-58(39-114)80(134)111-66(43(8)9)83(137)113-69(46(12)18-3)85(139)105-55(33-42(6)7)79(133)112-68(45(11)17-2)84(138)102-51(24-19-21-29-89)75(129)108-59(40-143)81(135)104-56(34-64(121)122)77(131)101-52(27-28-63(119)120)76(130)100-50(26-23-31-94-88(92)93)73(127)95-36-60(116)99-53(87(141)142)25-20-22-30-90/h41-59,66-70,114-115,143H,16-40,89-91H2,1-15H3,(H,95,127)(H,96,128)(H,97,136)(H,98,125)(H,99,116)(H,100,130)(H,101,131)(H,102,138)(H,103,126)(H,104,135)(H,105,139)(H,106,140)(H,107,132)(H,108,129)(H,109,117)(H,110,118)(H,111,134)(H,112,133)(H,113,137)(H,119,120)(H,121,122)(H,123,124)(H,141,142)(H4,92,93,94)/t44-,45-,46-,47-,48-,49+,50-,51-,52-,53-,54-,55-,56-,57-,58-,59-,66-,67-,68-,69-,70-/m0/s1. The molecule has 21 atom stereocenters. The summed E-state index contributed by atoms with van der Waals surface area (Å²) < 4.78 is 0. The van der Waals surface area contributed by atoms with Crippen LogP contribution in [0.15, 0.2) is 0 Å². The van der Waals surface area contributed by atoms with Gasteiger partial charge in [-0.3, -0.25) is 111 Å². The third-order valence-corrected chi connectivity index (χ3v) is 22.9. The first kappa shape index (κ1) is 130. The number of aliphatic carboxylic acids is 4. The molecule has 0 aromatic heterocycles. The number of nitrogens with one attached hydrogen (secondary N) is 21. The Morgan fingerprint density at radius 3 is 1.08 bits per heavy atom. The average molecular weight is 2060 g/mol. The Balaban J connectivity index is 6.91. The molecule has 0 saturated carbocycles. The summed E-state index contributed by atoms with van der Waals surface area (Å²) in [5.74, 6) is -30.7. The topological polar surface area (TPSA) is 883 Å². The van der Waals surface area contributed by atoms with Crippen molar-refractivity contribution in [2.45, 2.75) is 322 Å². The van der Waals surface area contributed by atoms with Crippen LogP contribution >= 0.6 is 12.6 Å². The molecule has 812 valence electrons. The molecule has 54 nitrogen and oxygen atoms in total. The average Bonchev–Trinajstić information content (AvgIpc) is 0.826. The van der Waals surface area contributed by atoms with E-state index in [2.05, 4.69) is 119 Å². The van der Waals surface area contributed by atoms with E-state index >= 15 is 0 Å². The van der Waals surface area contributed by atoms with Crippen molar-refractivity contribution in [2.24, 2.45) is 58.4 Å². The molecule has 143 heavy (non-hydrogen) atoms. The highest BCUT2D eigenvalue weighted by Gasteiger charge is 2.42. The maximum atomic E-state index is 14.7. The number of carbonyl (C=O) groups is 23. The number of aliphatic hydroxyl groups excluding tert-OH is 2. The van der Waals surface area contributed by atoms with Crippen LogP contribution in [-0.4, -0.2) is 333 Å². The van der Waals surface area contributed by atoms with Gasteiger partial charge in [0.2, 0.25) is 112 Å². The lowest BCUT2D eigenvalue weighted by molar-refractivity contribution is -0.142. The molecule has 0 rings (SSSR count). The Kier molecular flexibility index (Phi) is 62.3. The Bertz CT molecular complexity index is 4280. The van der Waals surface area contributed by atoms with Gasteiger partial charge >= 0.3 is 23.9 Å². The van der Waals surface area contributed by atoms with Crippen molar-refractivity contribution in [3.8, 4) is 0 Å². The number of carboxylic acid groups (broad SMARTS) is 4. The van der Waals surface area contributed by atoms with Gasteiger partial charge in [-0.15, -0.1) is 0 Å². The van der Waals surface area contributed by atoms with Gasteiger partial charge in [-0.2, -0.15) is 12.6 Å². The van der Waals surface area contributed by atoms with Gasteiger partial charge in [0.1, 0.15) is 96.7 Å². The second-order valence-corrected chi connectivity index (χ2v) is 36.5. The van der Waals surface area contributed by atoms with E-state index in [-0.39, 0.29) is 102 Å². The zero-order valence-electron chi connectivity index (χ0n) is 83.9. The number of guanidine groups is 1. The zero-order chi connectivity index (χ0) is 110. The van der Waals surface area contributed by atoms with E-state index in [1.807, 2.05) is 0 Å². The van der Waals surface area contributed by atoms with Crippen LogP contribution in [0.4, 0.5) is 0 Å². The second-order valence-electron chi connectivity index (χ2n) is 36.2. The van der Waals surface area contributed by atoms with Crippen LogP contribution in [0.5, 0.6) is 0 Å². The van der Waals surface area contributed by atoms with Gasteiger partial charge in [-0.1, -0.05) is 102 Å². The van der Waals surface area contributed by atoms with E-state index < -0.39 is 332 Å². The lowest BCUT2D eigenvalue weighted by Gasteiger charge is -2.31. The molecule has 0 aliphatic rings. The minimum absolute atomic E-state index is 0.00318. The maximum absolute atomic E-state index is 14.7. The maximum Gasteiger partial charge on any atom is 0.326 e. The van der Waals surface area contributed by atoms with Gasteiger partial charge < -0.3 is 160 Å². The summed E-state index contributed by atoms with van der Waals surface area (Å²) in [6, 6.07) is -27.0. The van der Waals surface area contributed by atoms with E-state index in [9.17, 15) is 141 Å². The van der Waals surface area contributed by atoms with Crippen LogP contribution in [0.1, 0.15) is 213 Å². The molecule has 0 radical (unpaired) electrons. The van der Waals surface area contributed by atoms with E-state index in [1.165, 1.54) is 27.7 Å². The fraction of sp³-hybridized carbons (Fsp3) is 0.727. The van der Waals surface area contributed by atoms with E-state index in [0.717, 1.165) is 6.92 Å². The quantitative estimate of drug-likeness (QED) is 0.0116. The normalized spacial score (nSPS) is 15.6. The number of nitrogens with two attached hydrogens (primary N) is 4. The highest BCUT2D eigenvalue weighted by molar-refractivity contribution is 7.80. The molecular formula is C88H155N25O29S. The van der Waals surface area contributed by atoms with Crippen LogP contribution in [0.3, 0.4) is 0 Å². The molecule has 0 aliphatic carbocycles. The molecule has 0 aromatic carbocycles. The van der Waals surface area contributed by atoms with Crippen molar-refractivity contribution >= 4 is 155 Å². The van der Waals surface area contributed by atoms with Crippen LogP contribution in [0.2, 0.25) is 0 Å². The lowest BCUT2D eigenvalue weighted by Crippen LogP contribution is -2.63. The van der Waals surface area contributed by atoms with E-state index in [0.29, 0.717) is 12.8 Å². The Morgan fingerprint density at radius 2 is 0.657 bits per heavy atom. The lowest BCUT2D eigenvalue weighted by atomic mass is 9.94. The third kappa shape index (κ3) is 51.2. The largest absolute Gasteiger partial charge is 0.481 e. The number of unbranched alkanes of at least 4 members (excludes halogenated alkanes) is 2. The van der Waals surface area contributed by atoms with Crippen molar-refractivity contribution in [3.63, 3.8) is 0 Å². The predicted octanol–water partition coefficient (Wildman–Crippen LogP) is -8.93. The first-order chi connectivity index (χ1) is 66.9. The molecular weight excluding hydrogens is 1900 g/mol. The fourth-order valence-corrected chi connectivity index (χ4v) is 13.9. The van der Waals surface area contributed by atoms with Gasteiger partial charge in [-0.25, -0.2) is 4.79 Å². The number of rotatable bonds is 72. The van der Waals surface area contributed by atoms with Crippen LogP contribution in [-0.2, 0) is 110 Å². The molecule has 0 spiro atoms. The Morgan fingerprint density at radius 1 is 0.329 bits per heavy atom. The first-order valence-electron chi connectivity index (χ1n) is 47.6. The summed E-state index contributed by atoms with van der Waals surface area (Å²) >= 11 is 4.22. The summed E-state index contributed by atoms with van der Waals surface area (Å²) in [7, 11) is 0. The minimum atomic E-state index is -2.13. The van der Waals surface area contributed by atoms with Gasteiger partial charge in [0.05, 0.1) is 51.2 Å². The van der Waals surface area contributed by atoms with E-state index in [4.69, 9.17) is 28.3 Å². The van der Waals surface area contributed by atoms with Crippen molar-refractivity contribution in [2.75, 3.05) is 51.6 Å². The summed E-state index contributed by atoms with van der Waals surface area (Å²) in [5, 5.41) is 116. The summed E-state index contributed by atoms with van der Waals surface area (Å²) in [4.78, 5) is 311. The van der Waals surface area contributed by atoms with Gasteiger partial charge in [0.15, 0.2) is 5.96 Å². The van der Waals surface area contributed by atoms with Gasteiger partial charge in [0, 0.05) is 18.7 Å². The van der Waals surface area contributed by atoms with Crippen molar-refractivity contribution in [3.05, 3.63) is 0 Å². The number of carboxylic acids is 4. The molecule has 55 heteroatoms. The number of hydrogen-bond donors (Lipinski definition) is 32. The molecule has 0 fully saturated rings. The number of carbonyl (C=O) groups excluding carboxylic acids is 19. The highest BCUT2D eigenvalue weighted by Crippen LogP contribution is 2.18. The number of hydrogen-bond acceptors (Lipinski definition) is 30. The number of aliphatic hydroxyl groups is 2. The fourth-order valence-electron chi connectivity index (χ4n) is 13.6. The van der Waals surface area contributed by atoms with E-state index in [1.54, 1.807) is 69.2 Å². The smallest absolute Gasteiger partial charge is 0.326 e. The predicted molar refractivity (Wildman–Crippen MR) is 518 cm³/mol.